The first kappa shape index (κ1) is 41.2. The molecule has 0 aliphatic heterocycles. The molecular formula is C72H46N2. The van der Waals surface area contributed by atoms with Gasteiger partial charge in [-0.25, -0.2) is 0 Å². The Bertz CT molecular complexity index is 4190. The summed E-state index contributed by atoms with van der Waals surface area (Å²) < 4.78 is 0. The first-order valence-corrected chi connectivity index (χ1v) is 25.8. The second kappa shape index (κ2) is 15.5. The van der Waals surface area contributed by atoms with Gasteiger partial charge in [-0.2, -0.15) is 0 Å². The van der Waals surface area contributed by atoms with Crippen molar-refractivity contribution in [1.82, 2.24) is 0 Å². The summed E-state index contributed by atoms with van der Waals surface area (Å²) >= 11 is 0. The van der Waals surface area contributed by atoms with E-state index in [1.165, 1.54) is 99.8 Å². The van der Waals surface area contributed by atoms with Gasteiger partial charge in [0.1, 0.15) is 0 Å². The lowest BCUT2D eigenvalue weighted by atomic mass is 9.70. The first-order valence-electron chi connectivity index (χ1n) is 25.8. The van der Waals surface area contributed by atoms with E-state index in [9.17, 15) is 0 Å². The maximum atomic E-state index is 2.57. The number of hydrogen-bond donors (Lipinski definition) is 0. The molecule has 0 saturated heterocycles. The van der Waals surface area contributed by atoms with E-state index in [1.807, 2.05) is 0 Å². The minimum atomic E-state index is -0.624. The van der Waals surface area contributed by atoms with Crippen molar-refractivity contribution in [2.45, 2.75) is 10.8 Å². The lowest BCUT2D eigenvalue weighted by Crippen LogP contribution is -2.26. The maximum Gasteiger partial charge on any atom is 0.0727 e. The Balaban J connectivity index is 0.973. The Hall–Kier alpha value is -9.50. The summed E-state index contributed by atoms with van der Waals surface area (Å²) in [5.41, 5.74) is 26.6. The number of hydrogen-bond acceptors (Lipinski definition) is 2. The van der Waals surface area contributed by atoms with Gasteiger partial charge >= 0.3 is 0 Å². The molecule has 2 spiro atoms. The molecule has 0 radical (unpaired) electrons. The van der Waals surface area contributed by atoms with E-state index in [-0.39, 0.29) is 0 Å². The summed E-state index contributed by atoms with van der Waals surface area (Å²) in [5, 5.41) is 2.45. The molecule has 344 valence electrons. The van der Waals surface area contributed by atoms with Crippen LogP contribution >= 0.6 is 0 Å². The third-order valence-corrected chi connectivity index (χ3v) is 16.8. The lowest BCUT2D eigenvalue weighted by Gasteiger charge is -2.34. The second-order valence-electron chi connectivity index (χ2n) is 20.2. The maximum absolute atomic E-state index is 2.57. The smallest absolute Gasteiger partial charge is 0.0727 e. The second-order valence-corrected chi connectivity index (χ2v) is 20.2. The zero-order valence-electron chi connectivity index (χ0n) is 40.5. The van der Waals surface area contributed by atoms with Crippen molar-refractivity contribution >= 4 is 44.9 Å². The van der Waals surface area contributed by atoms with Crippen molar-refractivity contribution in [2.75, 3.05) is 9.80 Å². The van der Waals surface area contributed by atoms with Gasteiger partial charge in [0, 0.05) is 33.8 Å². The topological polar surface area (TPSA) is 6.48 Å². The van der Waals surface area contributed by atoms with Gasteiger partial charge in [0.05, 0.1) is 16.5 Å². The fourth-order valence-corrected chi connectivity index (χ4v) is 14.1. The average Bonchev–Trinajstić information content (AvgIpc) is 4.19. The molecule has 0 heterocycles. The Kier molecular flexibility index (Phi) is 8.62. The Labute approximate surface area is 431 Å². The molecular weight excluding hydrogens is 893 g/mol. The molecule has 0 aromatic heterocycles. The van der Waals surface area contributed by atoms with Gasteiger partial charge in [0.2, 0.25) is 0 Å². The molecule has 4 aliphatic carbocycles. The number of benzene rings is 12. The molecule has 2 heteroatoms. The van der Waals surface area contributed by atoms with Crippen LogP contribution in [0.5, 0.6) is 0 Å². The minimum absolute atomic E-state index is 0.424. The van der Waals surface area contributed by atoms with Crippen LogP contribution in [-0.4, -0.2) is 0 Å². The molecule has 1 unspecified atom stereocenters. The van der Waals surface area contributed by atoms with Crippen LogP contribution in [0.15, 0.2) is 279 Å². The highest BCUT2D eigenvalue weighted by Gasteiger charge is 2.54. The van der Waals surface area contributed by atoms with E-state index >= 15 is 0 Å². The summed E-state index contributed by atoms with van der Waals surface area (Å²) in [6.07, 6.45) is 0. The van der Waals surface area contributed by atoms with E-state index < -0.39 is 10.8 Å². The summed E-state index contributed by atoms with van der Waals surface area (Å²) in [4.78, 5) is 4.94. The molecule has 2 nitrogen and oxygen atoms in total. The van der Waals surface area contributed by atoms with Gasteiger partial charge in [0.15, 0.2) is 0 Å². The fourth-order valence-electron chi connectivity index (χ4n) is 14.1. The van der Waals surface area contributed by atoms with Crippen molar-refractivity contribution in [2.24, 2.45) is 0 Å². The van der Waals surface area contributed by atoms with Gasteiger partial charge in [-0.1, -0.05) is 212 Å². The minimum Gasteiger partial charge on any atom is -0.310 e. The number of para-hydroxylation sites is 3. The largest absolute Gasteiger partial charge is 0.310 e. The van der Waals surface area contributed by atoms with Crippen molar-refractivity contribution in [1.29, 1.82) is 0 Å². The van der Waals surface area contributed by atoms with E-state index in [0.717, 1.165) is 34.1 Å². The highest BCUT2D eigenvalue weighted by molar-refractivity contribution is 6.12. The van der Waals surface area contributed by atoms with E-state index in [1.54, 1.807) is 0 Å². The van der Waals surface area contributed by atoms with E-state index in [0.29, 0.717) is 0 Å². The Morgan fingerprint density at radius 2 is 0.568 bits per heavy atom. The van der Waals surface area contributed by atoms with E-state index in [4.69, 9.17) is 0 Å². The number of nitrogens with zero attached hydrogens (tertiary/aromatic N) is 2. The predicted octanol–water partition coefficient (Wildman–Crippen LogP) is 18.5. The molecule has 0 saturated carbocycles. The van der Waals surface area contributed by atoms with Crippen LogP contribution in [0.2, 0.25) is 0 Å². The summed E-state index contributed by atoms with van der Waals surface area (Å²) in [6, 6.07) is 105. The summed E-state index contributed by atoms with van der Waals surface area (Å²) in [5.74, 6) is 0. The number of anilines is 6. The Morgan fingerprint density at radius 1 is 0.203 bits per heavy atom. The molecule has 74 heavy (non-hydrogen) atoms. The fraction of sp³-hybridized carbons (Fsp3) is 0.0278. The highest BCUT2D eigenvalue weighted by Crippen LogP contribution is 2.67. The SMILES string of the molecule is c1ccc(N(c2ccccc2)c2ccc3c(c2)C2(c4ccccc4-3)c3ccccc3-c3c2cc(N(c2ccccc2)c2ccc4c(c2)-c2ccccc2C42c4ccccc4-c4ccccc42)c2ccccc32)cc1. The van der Waals surface area contributed by atoms with Crippen LogP contribution in [0.3, 0.4) is 0 Å². The average molecular weight is 939 g/mol. The van der Waals surface area contributed by atoms with Crippen molar-refractivity contribution < 1.29 is 0 Å². The van der Waals surface area contributed by atoms with Crippen LogP contribution in [0.4, 0.5) is 34.1 Å². The zero-order valence-corrected chi connectivity index (χ0v) is 40.5. The van der Waals surface area contributed by atoms with Gasteiger partial charge in [-0.15, -0.1) is 0 Å². The van der Waals surface area contributed by atoms with Crippen molar-refractivity contribution in [3.05, 3.63) is 324 Å². The normalized spacial score (nSPS) is 15.2. The highest BCUT2D eigenvalue weighted by atomic mass is 15.1. The van der Waals surface area contributed by atoms with Crippen LogP contribution in [0, 0.1) is 0 Å². The monoisotopic (exact) mass is 938 g/mol. The van der Waals surface area contributed by atoms with Crippen LogP contribution < -0.4 is 9.80 Å². The van der Waals surface area contributed by atoms with Crippen LogP contribution in [0.1, 0.15) is 44.5 Å². The summed E-state index contributed by atoms with van der Waals surface area (Å²) in [7, 11) is 0. The van der Waals surface area contributed by atoms with E-state index in [2.05, 4.69) is 289 Å². The molecule has 4 aliphatic rings. The lowest BCUT2D eigenvalue weighted by molar-refractivity contribution is 0.793. The third kappa shape index (κ3) is 5.33. The molecule has 0 amide bonds. The molecule has 12 aromatic carbocycles. The Morgan fingerprint density at radius 3 is 1.11 bits per heavy atom. The number of fused-ring (bicyclic) bond motifs is 22. The molecule has 1 atom stereocenters. The van der Waals surface area contributed by atoms with Crippen LogP contribution in [-0.2, 0) is 10.8 Å². The van der Waals surface area contributed by atoms with Gasteiger partial charge < -0.3 is 9.80 Å². The predicted molar refractivity (Wildman–Crippen MR) is 306 cm³/mol. The number of rotatable bonds is 6. The zero-order chi connectivity index (χ0) is 48.5. The van der Waals surface area contributed by atoms with Gasteiger partial charge in [-0.05, 0) is 161 Å². The van der Waals surface area contributed by atoms with Gasteiger partial charge in [0.25, 0.3) is 0 Å². The molecule has 16 rings (SSSR count). The third-order valence-electron chi connectivity index (χ3n) is 16.8. The quantitative estimate of drug-likeness (QED) is 0.164. The van der Waals surface area contributed by atoms with Crippen molar-refractivity contribution in [3.63, 3.8) is 0 Å². The van der Waals surface area contributed by atoms with Crippen molar-refractivity contribution in [3.8, 4) is 44.5 Å². The van der Waals surface area contributed by atoms with Gasteiger partial charge in [-0.3, -0.25) is 0 Å². The molecule has 0 bridgehead atoms. The summed E-state index contributed by atoms with van der Waals surface area (Å²) in [6.45, 7) is 0. The van der Waals surface area contributed by atoms with Crippen LogP contribution in [0.25, 0.3) is 55.3 Å². The molecule has 0 N–H and O–H groups in total. The molecule has 12 aromatic rings. The first-order chi connectivity index (χ1) is 36.7. The standard InChI is InChI=1S/C72H46N2/c1-4-22-47(23-5-1)73(48-24-6-2-7-25-48)51-40-42-56-54-30-14-19-37-63(54)72(67(56)45-51)65-39-21-16-34-59(65)70-58-33-11-10-32-57(58)69(46-68(70)72)74(49-26-8-3-9-27-49)50-41-43-66-60(44-50)55-31-15-20-38-64(55)71(66)61-35-17-12-28-52(61)53-29-13-18-36-62(53)71/h1-46H. The molecule has 0 fully saturated rings.